The van der Waals surface area contributed by atoms with E-state index in [2.05, 4.69) is 5.32 Å². The summed E-state index contributed by atoms with van der Waals surface area (Å²) in [6.45, 7) is 1.81. The standard InChI is InChI=1S/C35H31ClN2O4S/c1-26-12-22-33(23-13-26)43(40,41)38(24-27-14-16-30(36)17-15-27)31-18-20-32(21-19-31)42-25-34(39)37-35(28-8-4-2-5-9-28)29-10-6-3-7-11-29/h2-23,35H,24-25H2,1H3,(H,37,39). The number of nitrogens with zero attached hydrogens (tertiary/aromatic N) is 1. The molecule has 0 aliphatic carbocycles. The summed E-state index contributed by atoms with van der Waals surface area (Å²) < 4.78 is 34.7. The van der Waals surface area contributed by atoms with Crippen LogP contribution in [0, 0.1) is 6.92 Å². The van der Waals surface area contributed by atoms with E-state index in [1.54, 1.807) is 72.8 Å². The summed E-state index contributed by atoms with van der Waals surface area (Å²) in [7, 11) is -3.89. The Morgan fingerprint density at radius 2 is 1.33 bits per heavy atom. The number of hydrogen-bond acceptors (Lipinski definition) is 4. The number of carbonyl (C=O) groups excluding carboxylic acids is 1. The minimum absolute atomic E-state index is 0.107. The van der Waals surface area contributed by atoms with E-state index in [0.717, 1.165) is 22.3 Å². The first-order valence-electron chi connectivity index (χ1n) is 13.8. The number of ether oxygens (including phenoxy) is 1. The first kappa shape index (κ1) is 29.9. The summed E-state index contributed by atoms with van der Waals surface area (Å²) in [4.78, 5) is 13.1. The fraction of sp³-hybridized carbons (Fsp3) is 0.114. The zero-order valence-corrected chi connectivity index (χ0v) is 25.1. The zero-order valence-electron chi connectivity index (χ0n) is 23.6. The molecule has 218 valence electrons. The van der Waals surface area contributed by atoms with E-state index in [1.165, 1.54) is 4.31 Å². The van der Waals surface area contributed by atoms with E-state index in [4.69, 9.17) is 16.3 Å². The van der Waals surface area contributed by atoms with Crippen LogP contribution < -0.4 is 14.4 Å². The van der Waals surface area contributed by atoms with Crippen LogP contribution in [0.5, 0.6) is 5.75 Å². The van der Waals surface area contributed by atoms with Crippen LogP contribution in [0.4, 0.5) is 5.69 Å². The topological polar surface area (TPSA) is 75.7 Å². The van der Waals surface area contributed by atoms with Gasteiger partial charge in [0.1, 0.15) is 5.75 Å². The Kier molecular flexibility index (Phi) is 9.45. The monoisotopic (exact) mass is 610 g/mol. The molecular formula is C35H31ClN2O4S. The van der Waals surface area contributed by atoms with Crippen molar-refractivity contribution in [2.45, 2.75) is 24.4 Å². The molecule has 0 aliphatic rings. The average Bonchev–Trinajstić information content (AvgIpc) is 3.03. The number of aryl methyl sites for hydroxylation is 1. The number of carbonyl (C=O) groups is 1. The highest BCUT2D eigenvalue weighted by Crippen LogP contribution is 2.29. The molecule has 5 rings (SSSR count). The summed E-state index contributed by atoms with van der Waals surface area (Å²) in [5.74, 6) is 0.155. The Morgan fingerprint density at radius 3 is 1.88 bits per heavy atom. The molecule has 0 bridgehead atoms. The smallest absolute Gasteiger partial charge is 0.264 e. The van der Waals surface area contributed by atoms with Crippen LogP contribution in [0.1, 0.15) is 28.3 Å². The first-order valence-corrected chi connectivity index (χ1v) is 15.6. The number of sulfonamides is 1. The van der Waals surface area contributed by atoms with Crippen molar-refractivity contribution in [3.63, 3.8) is 0 Å². The minimum Gasteiger partial charge on any atom is -0.484 e. The minimum atomic E-state index is -3.89. The van der Waals surface area contributed by atoms with Crippen molar-refractivity contribution < 1.29 is 17.9 Å². The SMILES string of the molecule is Cc1ccc(S(=O)(=O)N(Cc2ccc(Cl)cc2)c2ccc(OCC(=O)NC(c3ccccc3)c3ccccc3)cc2)cc1. The molecule has 8 heteroatoms. The van der Waals surface area contributed by atoms with Gasteiger partial charge in [-0.1, -0.05) is 102 Å². The molecule has 1 amide bonds. The molecule has 0 unspecified atom stereocenters. The Morgan fingerprint density at radius 1 is 0.767 bits per heavy atom. The Labute approximate surface area is 257 Å². The third-order valence-electron chi connectivity index (χ3n) is 6.91. The highest BCUT2D eigenvalue weighted by molar-refractivity contribution is 7.92. The third kappa shape index (κ3) is 7.63. The second-order valence-electron chi connectivity index (χ2n) is 10.1. The molecule has 0 saturated carbocycles. The molecule has 0 spiro atoms. The van der Waals surface area contributed by atoms with Gasteiger partial charge in [0.15, 0.2) is 6.61 Å². The van der Waals surface area contributed by atoms with Gasteiger partial charge in [-0.05, 0) is 72.1 Å². The highest BCUT2D eigenvalue weighted by atomic mass is 35.5. The van der Waals surface area contributed by atoms with Crippen LogP contribution >= 0.6 is 11.6 Å². The highest BCUT2D eigenvalue weighted by Gasteiger charge is 2.25. The molecule has 6 nitrogen and oxygen atoms in total. The fourth-order valence-corrected chi connectivity index (χ4v) is 6.20. The normalized spacial score (nSPS) is 11.2. The van der Waals surface area contributed by atoms with E-state index >= 15 is 0 Å². The average molecular weight is 611 g/mol. The molecular weight excluding hydrogens is 580 g/mol. The number of hydrogen-bond donors (Lipinski definition) is 1. The summed E-state index contributed by atoms with van der Waals surface area (Å²) >= 11 is 6.05. The maximum atomic E-state index is 13.8. The number of anilines is 1. The summed E-state index contributed by atoms with van der Waals surface area (Å²) in [6.07, 6.45) is 0. The van der Waals surface area contributed by atoms with Gasteiger partial charge in [0, 0.05) is 5.02 Å². The van der Waals surface area contributed by atoms with Gasteiger partial charge >= 0.3 is 0 Å². The van der Waals surface area contributed by atoms with Gasteiger partial charge in [-0.15, -0.1) is 0 Å². The van der Waals surface area contributed by atoms with Gasteiger partial charge in [0.25, 0.3) is 15.9 Å². The predicted octanol–water partition coefficient (Wildman–Crippen LogP) is 7.33. The van der Waals surface area contributed by atoms with Crippen LogP contribution in [0.3, 0.4) is 0 Å². The molecule has 5 aromatic carbocycles. The predicted molar refractivity (Wildman–Crippen MR) is 171 cm³/mol. The maximum absolute atomic E-state index is 13.8. The number of halogens is 1. The van der Waals surface area contributed by atoms with Crippen LogP contribution in [0.2, 0.25) is 5.02 Å². The van der Waals surface area contributed by atoms with Crippen molar-refractivity contribution in [2.24, 2.45) is 0 Å². The zero-order chi connectivity index (χ0) is 30.2. The van der Waals surface area contributed by atoms with Gasteiger partial charge in [0.2, 0.25) is 0 Å². The lowest BCUT2D eigenvalue weighted by Gasteiger charge is -2.25. The largest absolute Gasteiger partial charge is 0.484 e. The van der Waals surface area contributed by atoms with E-state index in [0.29, 0.717) is 16.5 Å². The lowest BCUT2D eigenvalue weighted by atomic mass is 9.99. The molecule has 0 saturated heterocycles. The molecule has 0 heterocycles. The van der Waals surface area contributed by atoms with E-state index in [1.807, 2.05) is 67.6 Å². The van der Waals surface area contributed by atoms with Crippen LogP contribution in [0.15, 0.2) is 138 Å². The van der Waals surface area contributed by atoms with Crippen LogP contribution in [-0.4, -0.2) is 20.9 Å². The molecule has 0 aliphatic heterocycles. The quantitative estimate of drug-likeness (QED) is 0.170. The second-order valence-corrected chi connectivity index (χ2v) is 12.4. The number of amides is 1. The first-order chi connectivity index (χ1) is 20.8. The van der Waals surface area contributed by atoms with Gasteiger partial charge in [-0.2, -0.15) is 0 Å². The molecule has 0 radical (unpaired) electrons. The van der Waals surface area contributed by atoms with E-state index in [-0.39, 0.29) is 30.0 Å². The van der Waals surface area contributed by atoms with Gasteiger partial charge < -0.3 is 10.1 Å². The second kappa shape index (κ2) is 13.6. The van der Waals surface area contributed by atoms with Crippen LogP contribution in [-0.2, 0) is 21.4 Å². The van der Waals surface area contributed by atoms with Crippen molar-refractivity contribution in [3.05, 3.63) is 161 Å². The van der Waals surface area contributed by atoms with E-state index < -0.39 is 10.0 Å². The van der Waals surface area contributed by atoms with E-state index in [9.17, 15) is 13.2 Å². The van der Waals surface area contributed by atoms with Crippen molar-refractivity contribution >= 4 is 33.2 Å². The number of nitrogens with one attached hydrogen (secondary N) is 1. The van der Waals surface area contributed by atoms with Crippen molar-refractivity contribution in [1.29, 1.82) is 0 Å². The Hall–Kier alpha value is -4.59. The Bertz CT molecular complexity index is 1710. The molecule has 1 N–H and O–H groups in total. The summed E-state index contributed by atoms with van der Waals surface area (Å²) in [5, 5.41) is 3.63. The number of benzene rings is 5. The van der Waals surface area contributed by atoms with Crippen LogP contribution in [0.25, 0.3) is 0 Å². The molecule has 5 aromatic rings. The fourth-order valence-electron chi connectivity index (χ4n) is 4.62. The van der Waals surface area contributed by atoms with Gasteiger partial charge in [0.05, 0.1) is 23.2 Å². The molecule has 43 heavy (non-hydrogen) atoms. The summed E-state index contributed by atoms with van der Waals surface area (Å²) in [5.41, 5.74) is 4.13. The Balaban J connectivity index is 1.32. The molecule has 0 aromatic heterocycles. The van der Waals surface area contributed by atoms with Crippen molar-refractivity contribution in [3.8, 4) is 5.75 Å². The summed E-state index contributed by atoms with van der Waals surface area (Å²) in [6, 6.07) is 39.6. The molecule has 0 atom stereocenters. The van der Waals surface area contributed by atoms with Crippen molar-refractivity contribution in [1.82, 2.24) is 5.32 Å². The van der Waals surface area contributed by atoms with Gasteiger partial charge in [-0.3, -0.25) is 9.10 Å². The lowest BCUT2D eigenvalue weighted by Crippen LogP contribution is -2.33. The maximum Gasteiger partial charge on any atom is 0.264 e. The molecule has 0 fully saturated rings. The van der Waals surface area contributed by atoms with Crippen molar-refractivity contribution in [2.75, 3.05) is 10.9 Å². The third-order valence-corrected chi connectivity index (χ3v) is 8.95. The van der Waals surface area contributed by atoms with Gasteiger partial charge in [-0.25, -0.2) is 8.42 Å². The lowest BCUT2D eigenvalue weighted by molar-refractivity contribution is -0.123. The number of rotatable bonds is 11.